The molecule has 0 aliphatic carbocycles. The Balaban J connectivity index is 2.08. The van der Waals surface area contributed by atoms with Crippen LogP contribution in [-0.4, -0.2) is 30.2 Å². The molecule has 0 radical (unpaired) electrons. The van der Waals surface area contributed by atoms with E-state index in [0.717, 1.165) is 29.2 Å². The first kappa shape index (κ1) is 13.3. The van der Waals surface area contributed by atoms with Gasteiger partial charge in [-0.3, -0.25) is 4.90 Å². The summed E-state index contributed by atoms with van der Waals surface area (Å²) in [4.78, 5) is 2.42. The highest BCUT2D eigenvalue weighted by Crippen LogP contribution is 2.24. The summed E-state index contributed by atoms with van der Waals surface area (Å²) in [6.45, 7) is 6.96. The third-order valence-corrected chi connectivity index (χ3v) is 3.97. The normalized spacial score (nSPS) is 26.1. The van der Waals surface area contributed by atoms with E-state index in [2.05, 4.69) is 40.7 Å². The van der Waals surface area contributed by atoms with Gasteiger partial charge in [0.05, 0.1) is 12.7 Å². The standard InChI is InChI=1S/C13H17BrClNO/c1-9-8-17-10(2)6-16(9)7-11-3-4-12(14)5-13(11)15/h3-5,9-10H,6-8H2,1-2H3. The van der Waals surface area contributed by atoms with E-state index in [1.807, 2.05) is 12.1 Å². The SMILES string of the molecule is CC1CN(Cc2ccc(Br)cc2Cl)C(C)CO1. The van der Waals surface area contributed by atoms with E-state index < -0.39 is 0 Å². The minimum Gasteiger partial charge on any atom is -0.376 e. The second kappa shape index (κ2) is 5.70. The lowest BCUT2D eigenvalue weighted by molar-refractivity contribution is -0.0526. The Morgan fingerprint density at radius 1 is 1.47 bits per heavy atom. The van der Waals surface area contributed by atoms with Gasteiger partial charge in [-0.15, -0.1) is 0 Å². The molecule has 0 aromatic heterocycles. The van der Waals surface area contributed by atoms with Crippen LogP contribution < -0.4 is 0 Å². The Bertz CT molecular complexity index is 399. The quantitative estimate of drug-likeness (QED) is 0.824. The van der Waals surface area contributed by atoms with E-state index in [1.54, 1.807) is 0 Å². The van der Waals surface area contributed by atoms with Crippen molar-refractivity contribution < 1.29 is 4.74 Å². The number of nitrogens with zero attached hydrogens (tertiary/aromatic N) is 1. The summed E-state index contributed by atoms with van der Waals surface area (Å²) >= 11 is 9.67. The fourth-order valence-electron chi connectivity index (χ4n) is 2.06. The minimum absolute atomic E-state index is 0.306. The van der Waals surface area contributed by atoms with Crippen molar-refractivity contribution in [2.24, 2.45) is 0 Å². The number of hydrogen-bond donors (Lipinski definition) is 0. The van der Waals surface area contributed by atoms with Gasteiger partial charge in [-0.2, -0.15) is 0 Å². The number of benzene rings is 1. The van der Waals surface area contributed by atoms with Crippen molar-refractivity contribution in [1.29, 1.82) is 0 Å². The van der Waals surface area contributed by atoms with E-state index >= 15 is 0 Å². The highest BCUT2D eigenvalue weighted by Gasteiger charge is 2.23. The second-order valence-corrected chi connectivity index (χ2v) is 5.98. The molecule has 1 heterocycles. The second-order valence-electron chi connectivity index (χ2n) is 4.66. The highest BCUT2D eigenvalue weighted by atomic mass is 79.9. The lowest BCUT2D eigenvalue weighted by Crippen LogP contribution is -2.46. The molecule has 1 aromatic rings. The molecular formula is C13H17BrClNO. The maximum Gasteiger partial charge on any atom is 0.0674 e. The first-order valence-corrected chi connectivity index (χ1v) is 7.03. The van der Waals surface area contributed by atoms with Crippen LogP contribution in [0.4, 0.5) is 0 Å². The Morgan fingerprint density at radius 3 is 2.94 bits per heavy atom. The Morgan fingerprint density at radius 2 is 2.24 bits per heavy atom. The average molecular weight is 319 g/mol. The lowest BCUT2D eigenvalue weighted by Gasteiger charge is -2.36. The van der Waals surface area contributed by atoms with Crippen molar-refractivity contribution in [2.45, 2.75) is 32.5 Å². The maximum atomic E-state index is 6.24. The van der Waals surface area contributed by atoms with Crippen molar-refractivity contribution in [3.8, 4) is 0 Å². The molecule has 2 atom stereocenters. The van der Waals surface area contributed by atoms with Crippen molar-refractivity contribution in [1.82, 2.24) is 4.90 Å². The van der Waals surface area contributed by atoms with Crippen molar-refractivity contribution in [3.05, 3.63) is 33.3 Å². The lowest BCUT2D eigenvalue weighted by atomic mass is 10.1. The molecular weight excluding hydrogens is 302 g/mol. The number of ether oxygens (including phenoxy) is 1. The van der Waals surface area contributed by atoms with Crippen LogP contribution in [0.1, 0.15) is 19.4 Å². The van der Waals surface area contributed by atoms with Gasteiger partial charge in [0.25, 0.3) is 0 Å². The molecule has 0 N–H and O–H groups in total. The van der Waals surface area contributed by atoms with E-state index in [9.17, 15) is 0 Å². The van der Waals surface area contributed by atoms with Crippen LogP contribution >= 0.6 is 27.5 Å². The van der Waals surface area contributed by atoms with Gasteiger partial charge in [-0.05, 0) is 31.5 Å². The van der Waals surface area contributed by atoms with Gasteiger partial charge in [-0.25, -0.2) is 0 Å². The summed E-state index contributed by atoms with van der Waals surface area (Å²) < 4.78 is 6.65. The molecule has 94 valence electrons. The van der Waals surface area contributed by atoms with E-state index in [-0.39, 0.29) is 0 Å². The number of rotatable bonds is 2. The van der Waals surface area contributed by atoms with Gasteiger partial charge >= 0.3 is 0 Å². The van der Waals surface area contributed by atoms with Gasteiger partial charge < -0.3 is 4.74 Å². The topological polar surface area (TPSA) is 12.5 Å². The van der Waals surface area contributed by atoms with Gasteiger partial charge in [0.1, 0.15) is 0 Å². The maximum absolute atomic E-state index is 6.24. The van der Waals surface area contributed by atoms with Crippen molar-refractivity contribution in [3.63, 3.8) is 0 Å². The van der Waals surface area contributed by atoms with E-state index in [0.29, 0.717) is 12.1 Å². The average Bonchev–Trinajstić information content (AvgIpc) is 2.27. The first-order valence-electron chi connectivity index (χ1n) is 5.86. The third kappa shape index (κ3) is 3.44. The molecule has 2 unspecified atom stereocenters. The van der Waals surface area contributed by atoms with Crippen LogP contribution in [0.2, 0.25) is 5.02 Å². The summed E-state index contributed by atoms with van der Waals surface area (Å²) in [5.74, 6) is 0. The molecule has 0 spiro atoms. The van der Waals surface area contributed by atoms with Crippen molar-refractivity contribution in [2.75, 3.05) is 13.2 Å². The Hall–Kier alpha value is -0.0900. The fourth-order valence-corrected chi connectivity index (χ4v) is 2.79. The van der Waals surface area contributed by atoms with Crippen molar-refractivity contribution >= 4 is 27.5 Å². The summed E-state index contributed by atoms with van der Waals surface area (Å²) in [6, 6.07) is 6.52. The smallest absolute Gasteiger partial charge is 0.0674 e. The summed E-state index contributed by atoms with van der Waals surface area (Å²) in [6.07, 6.45) is 0.306. The van der Waals surface area contributed by atoms with Gasteiger partial charge in [-0.1, -0.05) is 33.6 Å². The monoisotopic (exact) mass is 317 g/mol. The zero-order chi connectivity index (χ0) is 12.4. The van der Waals surface area contributed by atoms with Crippen LogP contribution in [0, 0.1) is 0 Å². The first-order chi connectivity index (χ1) is 8.06. The molecule has 0 saturated carbocycles. The molecule has 17 heavy (non-hydrogen) atoms. The minimum atomic E-state index is 0.306. The molecule has 1 saturated heterocycles. The summed E-state index contributed by atoms with van der Waals surface area (Å²) in [5.41, 5.74) is 1.18. The highest BCUT2D eigenvalue weighted by molar-refractivity contribution is 9.10. The Kier molecular flexibility index (Phi) is 4.47. The summed E-state index contributed by atoms with van der Waals surface area (Å²) in [7, 11) is 0. The van der Waals surface area contributed by atoms with Gasteiger partial charge in [0.15, 0.2) is 0 Å². The molecule has 0 amide bonds. The van der Waals surface area contributed by atoms with Gasteiger partial charge in [0, 0.05) is 28.6 Å². The predicted octanol–water partition coefficient (Wildman–Crippen LogP) is 3.71. The zero-order valence-electron chi connectivity index (χ0n) is 10.1. The Labute approximate surface area is 116 Å². The number of morpholine rings is 1. The predicted molar refractivity (Wildman–Crippen MR) is 74.4 cm³/mol. The molecule has 2 rings (SSSR count). The van der Waals surface area contributed by atoms with Crippen LogP contribution in [0.3, 0.4) is 0 Å². The van der Waals surface area contributed by atoms with E-state index in [4.69, 9.17) is 16.3 Å². The fraction of sp³-hybridized carbons (Fsp3) is 0.538. The molecule has 2 nitrogen and oxygen atoms in total. The van der Waals surface area contributed by atoms with Crippen LogP contribution in [0.25, 0.3) is 0 Å². The third-order valence-electron chi connectivity index (χ3n) is 3.13. The molecule has 1 aliphatic rings. The number of halogens is 2. The molecule has 1 aromatic carbocycles. The van der Waals surface area contributed by atoms with Crippen LogP contribution in [0.15, 0.2) is 22.7 Å². The van der Waals surface area contributed by atoms with Gasteiger partial charge in [0.2, 0.25) is 0 Å². The van der Waals surface area contributed by atoms with Crippen LogP contribution in [0.5, 0.6) is 0 Å². The summed E-state index contributed by atoms with van der Waals surface area (Å²) in [5, 5.41) is 0.825. The van der Waals surface area contributed by atoms with E-state index in [1.165, 1.54) is 5.56 Å². The zero-order valence-corrected chi connectivity index (χ0v) is 12.5. The van der Waals surface area contributed by atoms with Crippen LogP contribution in [-0.2, 0) is 11.3 Å². The molecule has 4 heteroatoms. The molecule has 0 bridgehead atoms. The largest absolute Gasteiger partial charge is 0.376 e. The molecule has 1 aliphatic heterocycles. The number of hydrogen-bond acceptors (Lipinski definition) is 2. The molecule has 1 fully saturated rings.